The Balaban J connectivity index is 2.19. The average molecular weight is 315 g/mol. The summed E-state index contributed by atoms with van der Waals surface area (Å²) in [5, 5.41) is 2.96. The smallest absolute Gasteiger partial charge is 0.253 e. The minimum Gasteiger partial charge on any atom is -0.497 e. The molecule has 1 aromatic carbocycles. The molecule has 0 fully saturated rings. The molecule has 2 aromatic rings. The first-order valence-electron chi connectivity index (χ1n) is 7.90. The van der Waals surface area contributed by atoms with Gasteiger partial charge < -0.3 is 20.4 Å². The number of carbonyl (C=O) groups is 1. The molecule has 0 bridgehead atoms. The van der Waals surface area contributed by atoms with Crippen molar-refractivity contribution in [2.24, 2.45) is 5.73 Å². The number of nitrogens with two attached hydrogens (primary N) is 1. The Kier molecular flexibility index (Phi) is 5.82. The van der Waals surface area contributed by atoms with Crippen molar-refractivity contribution in [2.75, 3.05) is 20.2 Å². The minimum absolute atomic E-state index is 0.0325. The van der Waals surface area contributed by atoms with Gasteiger partial charge in [0, 0.05) is 23.6 Å². The summed E-state index contributed by atoms with van der Waals surface area (Å²) in [5.74, 6) is 0.781. The largest absolute Gasteiger partial charge is 0.497 e. The molecule has 124 valence electrons. The molecule has 23 heavy (non-hydrogen) atoms. The Labute approximate surface area is 137 Å². The third-order valence-electron chi connectivity index (χ3n) is 3.92. The lowest BCUT2D eigenvalue weighted by atomic mass is 10.2. The topological polar surface area (TPSA) is 69.3 Å². The van der Waals surface area contributed by atoms with Gasteiger partial charge in [0.2, 0.25) is 0 Å². The first-order chi connectivity index (χ1) is 11.1. The Bertz CT molecular complexity index is 660. The number of benzene rings is 1. The number of nitrogens with zero attached hydrogens (tertiary/aromatic N) is 1. The molecule has 0 radical (unpaired) electrons. The van der Waals surface area contributed by atoms with Crippen molar-refractivity contribution in [1.29, 1.82) is 0 Å². The number of nitrogens with one attached hydrogen (secondary N) is 1. The molecule has 1 heterocycles. The molecule has 0 saturated heterocycles. The van der Waals surface area contributed by atoms with Crippen molar-refractivity contribution in [3.63, 3.8) is 0 Å². The van der Waals surface area contributed by atoms with E-state index >= 15 is 0 Å². The van der Waals surface area contributed by atoms with E-state index in [4.69, 9.17) is 10.5 Å². The number of methoxy groups -OCH3 is 1. The highest BCUT2D eigenvalue weighted by Gasteiger charge is 2.16. The number of unbranched alkanes of at least 4 members (excludes halogenated alkanes) is 1. The summed E-state index contributed by atoms with van der Waals surface area (Å²) in [6.45, 7) is 5.28. The van der Waals surface area contributed by atoms with Gasteiger partial charge in [-0.3, -0.25) is 4.79 Å². The van der Waals surface area contributed by atoms with E-state index in [1.54, 1.807) is 7.11 Å². The zero-order valence-corrected chi connectivity index (χ0v) is 14.1. The number of ether oxygens (including phenoxy) is 1. The molecule has 0 atom stereocenters. The number of hydrogen-bond donors (Lipinski definition) is 2. The standard InChI is InChI=1S/C18H25N3O2/c1-13-12-17(18(22)20-11-5-4-10-19)14(2)21(13)15-6-8-16(23-3)9-7-15/h6-9,12H,4-5,10-11,19H2,1-3H3,(H,20,22). The number of amides is 1. The van der Waals surface area contributed by atoms with Crippen molar-refractivity contribution in [1.82, 2.24) is 9.88 Å². The highest BCUT2D eigenvalue weighted by atomic mass is 16.5. The van der Waals surface area contributed by atoms with E-state index in [0.717, 1.165) is 35.7 Å². The predicted octanol–water partition coefficient (Wildman–Crippen LogP) is 2.57. The molecule has 3 N–H and O–H groups in total. The fourth-order valence-corrected chi connectivity index (χ4v) is 2.69. The van der Waals surface area contributed by atoms with E-state index < -0.39 is 0 Å². The quantitative estimate of drug-likeness (QED) is 0.772. The summed E-state index contributed by atoms with van der Waals surface area (Å²) in [5.41, 5.74) is 9.16. The average Bonchev–Trinajstić information content (AvgIpc) is 2.86. The normalized spacial score (nSPS) is 10.6. The van der Waals surface area contributed by atoms with Gasteiger partial charge in [0.1, 0.15) is 5.75 Å². The Morgan fingerprint density at radius 1 is 1.22 bits per heavy atom. The molecule has 5 heteroatoms. The minimum atomic E-state index is -0.0325. The lowest BCUT2D eigenvalue weighted by Gasteiger charge is -2.11. The van der Waals surface area contributed by atoms with Crippen LogP contribution in [-0.4, -0.2) is 30.7 Å². The fraction of sp³-hybridized carbons (Fsp3) is 0.389. The molecule has 0 aliphatic heterocycles. The molecule has 0 saturated carbocycles. The van der Waals surface area contributed by atoms with Crippen molar-refractivity contribution in [3.05, 3.63) is 47.3 Å². The number of rotatable bonds is 7. The zero-order chi connectivity index (χ0) is 16.8. The fourth-order valence-electron chi connectivity index (χ4n) is 2.69. The summed E-state index contributed by atoms with van der Waals surface area (Å²) < 4.78 is 7.27. The third kappa shape index (κ3) is 3.93. The van der Waals surface area contributed by atoms with Gasteiger partial charge >= 0.3 is 0 Å². The maximum absolute atomic E-state index is 12.4. The van der Waals surface area contributed by atoms with Crippen LogP contribution in [0.15, 0.2) is 30.3 Å². The molecule has 5 nitrogen and oxygen atoms in total. The summed E-state index contributed by atoms with van der Waals surface area (Å²) in [6, 6.07) is 9.74. The summed E-state index contributed by atoms with van der Waals surface area (Å²) in [6.07, 6.45) is 1.82. The zero-order valence-electron chi connectivity index (χ0n) is 14.1. The van der Waals surface area contributed by atoms with E-state index in [1.165, 1.54) is 0 Å². The lowest BCUT2D eigenvalue weighted by Crippen LogP contribution is -2.25. The molecule has 1 aromatic heterocycles. The Morgan fingerprint density at radius 3 is 2.52 bits per heavy atom. The number of aromatic nitrogens is 1. The van der Waals surface area contributed by atoms with Gasteiger partial charge in [-0.1, -0.05) is 0 Å². The van der Waals surface area contributed by atoms with Crippen LogP contribution >= 0.6 is 0 Å². The van der Waals surface area contributed by atoms with E-state index in [1.807, 2.05) is 44.2 Å². The van der Waals surface area contributed by atoms with Crippen molar-refractivity contribution < 1.29 is 9.53 Å². The summed E-state index contributed by atoms with van der Waals surface area (Å²) >= 11 is 0. The van der Waals surface area contributed by atoms with Crippen LogP contribution in [0.5, 0.6) is 5.75 Å². The summed E-state index contributed by atoms with van der Waals surface area (Å²) in [4.78, 5) is 12.4. The van der Waals surface area contributed by atoms with E-state index in [0.29, 0.717) is 18.7 Å². The van der Waals surface area contributed by atoms with Crippen LogP contribution < -0.4 is 15.8 Å². The molecule has 0 spiro atoms. The third-order valence-corrected chi connectivity index (χ3v) is 3.92. The molecule has 0 aliphatic rings. The van der Waals surface area contributed by atoms with E-state index in [9.17, 15) is 4.79 Å². The van der Waals surface area contributed by atoms with Crippen LogP contribution in [-0.2, 0) is 0 Å². The van der Waals surface area contributed by atoms with Crippen molar-refractivity contribution in [3.8, 4) is 11.4 Å². The van der Waals surface area contributed by atoms with Crippen molar-refractivity contribution in [2.45, 2.75) is 26.7 Å². The molecular formula is C18H25N3O2. The second kappa shape index (κ2) is 7.83. The number of hydrogen-bond acceptors (Lipinski definition) is 3. The molecule has 0 aliphatic carbocycles. The summed E-state index contributed by atoms with van der Waals surface area (Å²) in [7, 11) is 1.65. The van der Waals surface area contributed by atoms with E-state index in [2.05, 4.69) is 9.88 Å². The van der Waals surface area contributed by atoms with Crippen LogP contribution in [0.25, 0.3) is 5.69 Å². The van der Waals surface area contributed by atoms with Gasteiger partial charge in [-0.15, -0.1) is 0 Å². The monoisotopic (exact) mass is 315 g/mol. The first-order valence-corrected chi connectivity index (χ1v) is 7.90. The highest BCUT2D eigenvalue weighted by Crippen LogP contribution is 2.22. The predicted molar refractivity (Wildman–Crippen MR) is 92.4 cm³/mol. The lowest BCUT2D eigenvalue weighted by molar-refractivity contribution is 0.0952. The SMILES string of the molecule is COc1ccc(-n2c(C)cc(C(=O)NCCCCN)c2C)cc1. The number of carbonyl (C=O) groups excluding carboxylic acids is 1. The van der Waals surface area contributed by atoms with Crippen LogP contribution in [0.3, 0.4) is 0 Å². The van der Waals surface area contributed by atoms with Gasteiger partial charge in [0.15, 0.2) is 0 Å². The second-order valence-corrected chi connectivity index (χ2v) is 5.57. The number of aryl methyl sites for hydroxylation is 1. The van der Waals surface area contributed by atoms with Crippen molar-refractivity contribution >= 4 is 5.91 Å². The van der Waals surface area contributed by atoms with Gasteiger partial charge in [0.25, 0.3) is 5.91 Å². The molecule has 1 amide bonds. The van der Waals surface area contributed by atoms with Gasteiger partial charge in [-0.25, -0.2) is 0 Å². The Morgan fingerprint density at radius 2 is 1.91 bits per heavy atom. The van der Waals surface area contributed by atoms with E-state index in [-0.39, 0.29) is 5.91 Å². The van der Waals surface area contributed by atoms with Crippen LogP contribution in [0.2, 0.25) is 0 Å². The van der Waals surface area contributed by atoms with Gasteiger partial charge in [-0.05, 0) is 63.6 Å². The maximum atomic E-state index is 12.4. The van der Waals surface area contributed by atoms with Crippen LogP contribution in [0.4, 0.5) is 0 Å². The maximum Gasteiger partial charge on any atom is 0.253 e. The highest BCUT2D eigenvalue weighted by molar-refractivity contribution is 5.95. The molecule has 0 unspecified atom stereocenters. The first kappa shape index (κ1) is 17.1. The van der Waals surface area contributed by atoms with Crippen LogP contribution in [0, 0.1) is 13.8 Å². The van der Waals surface area contributed by atoms with Crippen LogP contribution in [0.1, 0.15) is 34.6 Å². The molecular weight excluding hydrogens is 290 g/mol. The second-order valence-electron chi connectivity index (χ2n) is 5.57. The van der Waals surface area contributed by atoms with Gasteiger partial charge in [-0.2, -0.15) is 0 Å². The Hall–Kier alpha value is -2.27. The van der Waals surface area contributed by atoms with Gasteiger partial charge in [0.05, 0.1) is 12.7 Å². The molecule has 2 rings (SSSR count).